The third kappa shape index (κ3) is 3.93. The quantitative estimate of drug-likeness (QED) is 0.868. The van der Waals surface area contributed by atoms with Crippen molar-refractivity contribution in [2.75, 3.05) is 31.6 Å². The highest BCUT2D eigenvalue weighted by atomic mass is 19.1. The summed E-state index contributed by atoms with van der Waals surface area (Å²) in [6, 6.07) is 5.35. The van der Waals surface area contributed by atoms with Crippen molar-refractivity contribution in [2.24, 2.45) is 0 Å². The number of nitrogens with zero attached hydrogens (tertiary/aromatic N) is 2. The second kappa shape index (κ2) is 7.04. The van der Waals surface area contributed by atoms with E-state index in [1.54, 1.807) is 13.0 Å². The molecule has 1 aliphatic rings. The molecule has 1 aromatic rings. The van der Waals surface area contributed by atoms with Crippen molar-refractivity contribution in [3.63, 3.8) is 0 Å². The van der Waals surface area contributed by atoms with E-state index in [2.05, 4.69) is 9.80 Å². The van der Waals surface area contributed by atoms with Gasteiger partial charge in [-0.3, -0.25) is 0 Å². The molecule has 1 aromatic carbocycles. The number of hydrogen-bond acceptors (Lipinski definition) is 3. The van der Waals surface area contributed by atoms with Gasteiger partial charge in [-0.05, 0) is 45.4 Å². The number of rotatable bonds is 6. The van der Waals surface area contributed by atoms with E-state index in [9.17, 15) is 9.50 Å². The summed E-state index contributed by atoms with van der Waals surface area (Å²) in [5.41, 5.74) is 1.81. The molecule has 1 heterocycles. The SMILES string of the molecule is CC(O)CCN(C)Cc1c(F)cccc1N1CCCC1. The topological polar surface area (TPSA) is 26.7 Å². The molecule has 1 atom stereocenters. The third-order valence-corrected chi connectivity index (χ3v) is 3.90. The van der Waals surface area contributed by atoms with Crippen LogP contribution >= 0.6 is 0 Å². The molecule has 0 radical (unpaired) electrons. The second-order valence-corrected chi connectivity index (χ2v) is 5.81. The average Bonchev–Trinajstić information content (AvgIpc) is 2.92. The van der Waals surface area contributed by atoms with E-state index in [0.29, 0.717) is 13.0 Å². The summed E-state index contributed by atoms with van der Waals surface area (Å²) in [5, 5.41) is 9.34. The molecule has 1 fully saturated rings. The monoisotopic (exact) mass is 280 g/mol. The Balaban J connectivity index is 2.09. The fourth-order valence-electron chi connectivity index (χ4n) is 2.71. The Morgan fingerprint density at radius 1 is 1.35 bits per heavy atom. The van der Waals surface area contributed by atoms with Gasteiger partial charge in [-0.15, -0.1) is 0 Å². The number of hydrogen-bond donors (Lipinski definition) is 1. The van der Waals surface area contributed by atoms with Gasteiger partial charge < -0.3 is 14.9 Å². The molecule has 3 nitrogen and oxygen atoms in total. The zero-order valence-electron chi connectivity index (χ0n) is 12.5. The standard InChI is InChI=1S/C16H25FN2O/c1-13(20)8-11-18(2)12-14-15(17)6-5-7-16(14)19-9-3-4-10-19/h5-7,13,20H,3-4,8-12H2,1-2H3. The Morgan fingerprint density at radius 3 is 2.70 bits per heavy atom. The molecule has 112 valence electrons. The highest BCUT2D eigenvalue weighted by Gasteiger charge is 2.19. The summed E-state index contributed by atoms with van der Waals surface area (Å²) in [4.78, 5) is 4.35. The maximum atomic E-state index is 14.2. The lowest BCUT2D eigenvalue weighted by molar-refractivity contribution is 0.162. The molecular weight excluding hydrogens is 255 g/mol. The van der Waals surface area contributed by atoms with Crippen molar-refractivity contribution < 1.29 is 9.50 Å². The van der Waals surface area contributed by atoms with Crippen molar-refractivity contribution in [2.45, 2.75) is 38.8 Å². The normalized spacial score (nSPS) is 16.9. The Bertz CT molecular complexity index is 430. The average molecular weight is 280 g/mol. The summed E-state index contributed by atoms with van der Waals surface area (Å²) in [6.07, 6.45) is 2.78. The number of anilines is 1. The van der Waals surface area contributed by atoms with Crippen LogP contribution in [0.4, 0.5) is 10.1 Å². The lowest BCUT2D eigenvalue weighted by Gasteiger charge is -2.25. The van der Waals surface area contributed by atoms with E-state index in [1.165, 1.54) is 18.9 Å². The molecule has 1 saturated heterocycles. The first-order chi connectivity index (χ1) is 9.58. The largest absolute Gasteiger partial charge is 0.393 e. The van der Waals surface area contributed by atoms with Gasteiger partial charge in [0.1, 0.15) is 5.82 Å². The minimum Gasteiger partial charge on any atom is -0.393 e. The predicted octanol–water partition coefficient (Wildman–Crippen LogP) is 2.63. The molecule has 1 aliphatic heterocycles. The van der Waals surface area contributed by atoms with Crippen LogP contribution in [0.25, 0.3) is 0 Å². The molecule has 0 aliphatic carbocycles. The van der Waals surface area contributed by atoms with E-state index in [-0.39, 0.29) is 11.9 Å². The molecule has 0 aromatic heterocycles. The second-order valence-electron chi connectivity index (χ2n) is 5.81. The molecular formula is C16H25FN2O. The van der Waals surface area contributed by atoms with Crippen LogP contribution in [0, 0.1) is 5.82 Å². The molecule has 2 rings (SSSR count). The molecule has 0 bridgehead atoms. The molecule has 1 unspecified atom stereocenters. The Hall–Kier alpha value is -1.13. The number of aliphatic hydroxyl groups is 1. The van der Waals surface area contributed by atoms with Crippen LogP contribution < -0.4 is 4.90 Å². The number of halogens is 1. The Morgan fingerprint density at radius 2 is 2.05 bits per heavy atom. The van der Waals surface area contributed by atoms with Gasteiger partial charge in [0.05, 0.1) is 6.10 Å². The lowest BCUT2D eigenvalue weighted by Crippen LogP contribution is -2.25. The predicted molar refractivity (Wildman–Crippen MR) is 80.5 cm³/mol. The third-order valence-electron chi connectivity index (χ3n) is 3.90. The van der Waals surface area contributed by atoms with Crippen LogP contribution in [0.2, 0.25) is 0 Å². The molecule has 0 saturated carbocycles. The highest BCUT2D eigenvalue weighted by Crippen LogP contribution is 2.27. The van der Waals surface area contributed by atoms with Gasteiger partial charge in [0.25, 0.3) is 0 Å². The zero-order valence-corrected chi connectivity index (χ0v) is 12.5. The van der Waals surface area contributed by atoms with Gasteiger partial charge in [0, 0.05) is 37.4 Å². The molecule has 1 N–H and O–H groups in total. The molecule has 0 amide bonds. The van der Waals surface area contributed by atoms with Gasteiger partial charge in [0.15, 0.2) is 0 Å². The maximum Gasteiger partial charge on any atom is 0.129 e. The van der Waals surface area contributed by atoms with Gasteiger partial charge in [-0.25, -0.2) is 4.39 Å². The molecule has 20 heavy (non-hydrogen) atoms. The maximum absolute atomic E-state index is 14.2. The van der Waals surface area contributed by atoms with Crippen LogP contribution in [-0.2, 0) is 6.54 Å². The van der Waals surface area contributed by atoms with E-state index in [0.717, 1.165) is 30.9 Å². The first-order valence-electron chi connectivity index (χ1n) is 7.47. The van der Waals surface area contributed by atoms with Crippen LogP contribution in [0.15, 0.2) is 18.2 Å². The van der Waals surface area contributed by atoms with Crippen LogP contribution in [0.3, 0.4) is 0 Å². The fraction of sp³-hybridized carbons (Fsp3) is 0.625. The molecule has 0 spiro atoms. The highest BCUT2D eigenvalue weighted by molar-refractivity contribution is 5.54. The summed E-state index contributed by atoms with van der Waals surface area (Å²) in [5.74, 6) is -0.127. The minimum atomic E-state index is -0.309. The van der Waals surface area contributed by atoms with E-state index < -0.39 is 0 Å². The van der Waals surface area contributed by atoms with E-state index in [4.69, 9.17) is 0 Å². The van der Waals surface area contributed by atoms with E-state index in [1.807, 2.05) is 13.1 Å². The Kier molecular flexibility index (Phi) is 5.38. The smallest absolute Gasteiger partial charge is 0.129 e. The lowest BCUT2D eigenvalue weighted by atomic mass is 10.1. The van der Waals surface area contributed by atoms with E-state index >= 15 is 0 Å². The van der Waals surface area contributed by atoms with Gasteiger partial charge >= 0.3 is 0 Å². The van der Waals surface area contributed by atoms with Crippen molar-refractivity contribution in [1.29, 1.82) is 0 Å². The van der Waals surface area contributed by atoms with Gasteiger partial charge in [-0.1, -0.05) is 6.07 Å². The van der Waals surface area contributed by atoms with Crippen molar-refractivity contribution in [3.05, 3.63) is 29.6 Å². The number of aliphatic hydroxyl groups excluding tert-OH is 1. The van der Waals surface area contributed by atoms with Crippen molar-refractivity contribution in [1.82, 2.24) is 4.90 Å². The summed E-state index contributed by atoms with van der Waals surface area (Å²) in [6.45, 7) is 5.19. The fourth-order valence-corrected chi connectivity index (χ4v) is 2.71. The van der Waals surface area contributed by atoms with Gasteiger partial charge in [-0.2, -0.15) is 0 Å². The Labute approximate surface area is 121 Å². The summed E-state index contributed by atoms with van der Waals surface area (Å²) in [7, 11) is 1.97. The summed E-state index contributed by atoms with van der Waals surface area (Å²) >= 11 is 0. The van der Waals surface area contributed by atoms with Crippen molar-refractivity contribution in [3.8, 4) is 0 Å². The first kappa shape index (κ1) is 15.3. The van der Waals surface area contributed by atoms with Crippen LogP contribution in [-0.4, -0.2) is 42.8 Å². The van der Waals surface area contributed by atoms with Crippen molar-refractivity contribution >= 4 is 5.69 Å². The summed E-state index contributed by atoms with van der Waals surface area (Å²) < 4.78 is 14.2. The van der Waals surface area contributed by atoms with Gasteiger partial charge in [0.2, 0.25) is 0 Å². The zero-order chi connectivity index (χ0) is 14.5. The van der Waals surface area contributed by atoms with Crippen LogP contribution in [0.5, 0.6) is 0 Å². The minimum absolute atomic E-state index is 0.127. The first-order valence-corrected chi connectivity index (χ1v) is 7.47. The number of benzene rings is 1. The molecule has 4 heteroatoms. The van der Waals surface area contributed by atoms with Crippen LogP contribution in [0.1, 0.15) is 31.7 Å².